The average Bonchev–Trinajstić information content (AvgIpc) is 3.36. The Morgan fingerprint density at radius 3 is 2.72 bits per heavy atom. The van der Waals surface area contributed by atoms with E-state index < -0.39 is 17.8 Å². The molecule has 0 fully saturated rings. The quantitative estimate of drug-likeness (QED) is 0.462. The lowest BCUT2D eigenvalue weighted by atomic mass is 10.2. The van der Waals surface area contributed by atoms with Crippen molar-refractivity contribution in [3.8, 4) is 11.6 Å². The number of methoxy groups -OCH3 is 1. The number of hydrogen-bond acceptors (Lipinski definition) is 4. The van der Waals surface area contributed by atoms with E-state index in [1.165, 1.54) is 18.3 Å². The van der Waals surface area contributed by atoms with Crippen LogP contribution in [0.4, 0.5) is 13.2 Å². The van der Waals surface area contributed by atoms with Crippen LogP contribution in [0.25, 0.3) is 16.7 Å². The fourth-order valence-electron chi connectivity index (χ4n) is 3.32. The number of halogens is 4. The van der Waals surface area contributed by atoms with Crippen molar-refractivity contribution < 1.29 is 22.7 Å². The second-order valence-corrected chi connectivity index (χ2v) is 7.20. The van der Waals surface area contributed by atoms with E-state index in [4.69, 9.17) is 16.3 Å². The Labute approximate surface area is 185 Å². The van der Waals surface area contributed by atoms with Crippen LogP contribution in [0, 0.1) is 0 Å². The summed E-state index contributed by atoms with van der Waals surface area (Å²) in [6, 6.07) is 11.2. The van der Waals surface area contributed by atoms with Crippen LogP contribution in [0.15, 0.2) is 54.9 Å². The molecule has 0 radical (unpaired) electrons. The Kier molecular flexibility index (Phi) is 5.79. The molecule has 0 unspecified atom stereocenters. The molecular weight excluding hydrogens is 447 g/mol. The van der Waals surface area contributed by atoms with E-state index in [-0.39, 0.29) is 23.1 Å². The van der Waals surface area contributed by atoms with Crippen LogP contribution < -0.4 is 10.1 Å². The standard InChI is InChI=1S/C21H17ClF3N5O2/c1-32-17-12-29(15-7-3-2-5-13(15)17)10-9-27-20(31)16-11-18(21(23,24)25)28-30(16)19-14(22)6-4-8-26-19/h2-8,11-12H,9-10H2,1H3,(H,27,31). The molecule has 1 aromatic carbocycles. The molecule has 3 aromatic heterocycles. The first-order chi connectivity index (χ1) is 15.3. The fraction of sp³-hybridized carbons (Fsp3) is 0.190. The lowest BCUT2D eigenvalue weighted by Gasteiger charge is -2.10. The molecule has 0 bridgehead atoms. The fourth-order valence-corrected chi connectivity index (χ4v) is 3.52. The van der Waals surface area contributed by atoms with Crippen molar-refractivity contribution >= 4 is 28.4 Å². The number of alkyl halides is 3. The molecule has 11 heteroatoms. The molecule has 3 heterocycles. The van der Waals surface area contributed by atoms with E-state index in [9.17, 15) is 18.0 Å². The Morgan fingerprint density at radius 2 is 2.00 bits per heavy atom. The molecule has 0 aliphatic carbocycles. The zero-order chi connectivity index (χ0) is 22.9. The van der Waals surface area contributed by atoms with Crippen LogP contribution in [-0.2, 0) is 12.7 Å². The molecule has 0 aliphatic rings. The maximum Gasteiger partial charge on any atom is 0.435 e. The molecule has 0 saturated carbocycles. The van der Waals surface area contributed by atoms with Crippen molar-refractivity contribution in [2.45, 2.75) is 12.7 Å². The number of nitrogens with zero attached hydrogens (tertiary/aromatic N) is 4. The molecule has 0 saturated heterocycles. The Morgan fingerprint density at radius 1 is 1.22 bits per heavy atom. The number of aromatic nitrogens is 4. The second-order valence-electron chi connectivity index (χ2n) is 6.80. The van der Waals surface area contributed by atoms with Gasteiger partial charge in [0, 0.05) is 36.9 Å². The number of nitrogens with one attached hydrogen (secondary N) is 1. The third-order valence-electron chi connectivity index (χ3n) is 4.78. The minimum atomic E-state index is -4.73. The number of benzene rings is 1. The van der Waals surface area contributed by atoms with Crippen LogP contribution in [0.5, 0.6) is 5.75 Å². The molecule has 0 atom stereocenters. The first-order valence-electron chi connectivity index (χ1n) is 9.48. The summed E-state index contributed by atoms with van der Waals surface area (Å²) in [5.74, 6) is -0.126. The summed E-state index contributed by atoms with van der Waals surface area (Å²) in [6.45, 7) is 0.531. The normalized spacial score (nSPS) is 11.7. The molecule has 4 aromatic rings. The molecule has 1 N–H and O–H groups in total. The van der Waals surface area contributed by atoms with Gasteiger partial charge in [0.05, 0.1) is 17.6 Å². The van der Waals surface area contributed by atoms with Crippen molar-refractivity contribution in [3.63, 3.8) is 0 Å². The van der Waals surface area contributed by atoms with E-state index in [1.54, 1.807) is 13.3 Å². The van der Waals surface area contributed by atoms with Crippen LogP contribution >= 0.6 is 11.6 Å². The van der Waals surface area contributed by atoms with Crippen LogP contribution in [0.3, 0.4) is 0 Å². The zero-order valence-electron chi connectivity index (χ0n) is 16.7. The minimum absolute atomic E-state index is 0.0595. The Balaban J connectivity index is 1.57. The van der Waals surface area contributed by atoms with Gasteiger partial charge in [-0.15, -0.1) is 0 Å². The van der Waals surface area contributed by atoms with E-state index in [0.717, 1.165) is 15.6 Å². The van der Waals surface area contributed by atoms with Crippen LogP contribution in [0.2, 0.25) is 5.02 Å². The summed E-state index contributed by atoms with van der Waals surface area (Å²) < 4.78 is 47.8. The highest BCUT2D eigenvalue weighted by Gasteiger charge is 2.36. The molecule has 0 aliphatic heterocycles. The SMILES string of the molecule is COc1cn(CCNC(=O)c2cc(C(F)(F)F)nn2-c2ncccc2Cl)c2ccccc12. The number of carbonyl (C=O) groups is 1. The Bertz CT molecular complexity index is 1280. The number of pyridine rings is 1. The van der Waals surface area contributed by atoms with Crippen molar-refractivity contribution in [2.75, 3.05) is 13.7 Å². The topological polar surface area (TPSA) is 74.0 Å². The first-order valence-corrected chi connectivity index (χ1v) is 9.85. The second kappa shape index (κ2) is 8.54. The third-order valence-corrected chi connectivity index (χ3v) is 5.08. The first kappa shape index (κ1) is 21.7. The predicted molar refractivity (Wildman–Crippen MR) is 112 cm³/mol. The predicted octanol–water partition coefficient (Wildman–Crippen LogP) is 4.33. The molecule has 32 heavy (non-hydrogen) atoms. The third kappa shape index (κ3) is 4.13. The number of rotatable bonds is 6. The van der Waals surface area contributed by atoms with Gasteiger partial charge >= 0.3 is 6.18 Å². The van der Waals surface area contributed by atoms with Gasteiger partial charge < -0.3 is 14.6 Å². The zero-order valence-corrected chi connectivity index (χ0v) is 17.5. The van der Waals surface area contributed by atoms with Crippen molar-refractivity contribution in [1.82, 2.24) is 24.6 Å². The number of amides is 1. The molecule has 166 valence electrons. The number of hydrogen-bond donors (Lipinski definition) is 1. The Hall–Kier alpha value is -3.53. The van der Waals surface area contributed by atoms with Gasteiger partial charge in [-0.3, -0.25) is 4.79 Å². The summed E-state index contributed by atoms with van der Waals surface area (Å²) in [5.41, 5.74) is -0.637. The maximum absolute atomic E-state index is 13.2. The summed E-state index contributed by atoms with van der Waals surface area (Å²) in [4.78, 5) is 16.7. The number of ether oxygens (including phenoxy) is 1. The largest absolute Gasteiger partial charge is 0.495 e. The van der Waals surface area contributed by atoms with Gasteiger partial charge in [-0.2, -0.15) is 18.3 Å². The van der Waals surface area contributed by atoms with Gasteiger partial charge in [0.1, 0.15) is 11.4 Å². The van der Waals surface area contributed by atoms with E-state index in [0.29, 0.717) is 18.4 Å². The van der Waals surface area contributed by atoms with Gasteiger partial charge in [0.25, 0.3) is 5.91 Å². The van der Waals surface area contributed by atoms with E-state index in [2.05, 4.69) is 15.4 Å². The van der Waals surface area contributed by atoms with Crippen LogP contribution in [0.1, 0.15) is 16.2 Å². The summed E-state index contributed by atoms with van der Waals surface area (Å²) >= 11 is 6.06. The summed E-state index contributed by atoms with van der Waals surface area (Å²) in [7, 11) is 1.57. The summed E-state index contributed by atoms with van der Waals surface area (Å²) in [5, 5.41) is 7.13. The molecule has 7 nitrogen and oxygen atoms in total. The smallest absolute Gasteiger partial charge is 0.435 e. The molecular formula is C21H17ClF3N5O2. The minimum Gasteiger partial charge on any atom is -0.495 e. The molecule has 4 rings (SSSR count). The van der Waals surface area contributed by atoms with Crippen LogP contribution in [-0.4, -0.2) is 38.9 Å². The number of carbonyl (C=O) groups excluding carboxylic acids is 1. The van der Waals surface area contributed by atoms with Crippen molar-refractivity contribution in [2.24, 2.45) is 0 Å². The van der Waals surface area contributed by atoms with Gasteiger partial charge in [-0.1, -0.05) is 23.7 Å². The van der Waals surface area contributed by atoms with Crippen molar-refractivity contribution in [3.05, 3.63) is 71.3 Å². The monoisotopic (exact) mass is 463 g/mol. The summed E-state index contributed by atoms with van der Waals surface area (Å²) in [6.07, 6.45) is -1.58. The number of fused-ring (bicyclic) bond motifs is 1. The number of para-hydroxylation sites is 1. The van der Waals surface area contributed by atoms with E-state index >= 15 is 0 Å². The van der Waals surface area contributed by atoms with Gasteiger partial charge in [-0.25, -0.2) is 9.67 Å². The highest BCUT2D eigenvalue weighted by atomic mass is 35.5. The molecule has 0 spiro atoms. The van der Waals surface area contributed by atoms with Crippen molar-refractivity contribution in [1.29, 1.82) is 0 Å². The maximum atomic E-state index is 13.2. The average molecular weight is 464 g/mol. The highest BCUT2D eigenvalue weighted by Crippen LogP contribution is 2.30. The van der Waals surface area contributed by atoms with E-state index in [1.807, 2.05) is 28.8 Å². The van der Waals surface area contributed by atoms with Gasteiger partial charge in [0.2, 0.25) is 0 Å². The lowest BCUT2D eigenvalue weighted by Crippen LogP contribution is -2.29. The highest BCUT2D eigenvalue weighted by molar-refractivity contribution is 6.32. The van der Waals surface area contributed by atoms with Gasteiger partial charge in [0.15, 0.2) is 11.5 Å². The van der Waals surface area contributed by atoms with Gasteiger partial charge in [-0.05, 0) is 24.3 Å². The molecule has 1 amide bonds. The lowest BCUT2D eigenvalue weighted by molar-refractivity contribution is -0.141.